The SMILES string of the molecule is CCc1cccc(C)c1N([C@@H](C)COC)S(=O)(=O)c1ccc(C)cc1. The van der Waals surface area contributed by atoms with Crippen LogP contribution in [0.15, 0.2) is 47.4 Å². The second kappa shape index (κ2) is 8.02. The topological polar surface area (TPSA) is 46.6 Å². The lowest BCUT2D eigenvalue weighted by atomic mass is 10.1. The van der Waals surface area contributed by atoms with E-state index in [-0.39, 0.29) is 6.04 Å². The number of aryl methyl sites for hydroxylation is 3. The lowest BCUT2D eigenvalue weighted by Crippen LogP contribution is -2.42. The van der Waals surface area contributed by atoms with E-state index in [9.17, 15) is 8.42 Å². The second-order valence-corrected chi connectivity index (χ2v) is 8.17. The van der Waals surface area contributed by atoms with Gasteiger partial charge in [-0.25, -0.2) is 8.42 Å². The van der Waals surface area contributed by atoms with Gasteiger partial charge in [0.25, 0.3) is 10.0 Å². The number of benzene rings is 2. The maximum Gasteiger partial charge on any atom is 0.264 e. The van der Waals surface area contributed by atoms with Crippen LogP contribution in [0.4, 0.5) is 5.69 Å². The Morgan fingerprint density at radius 2 is 1.72 bits per heavy atom. The van der Waals surface area contributed by atoms with Gasteiger partial charge < -0.3 is 4.74 Å². The van der Waals surface area contributed by atoms with Crippen LogP contribution in [0.25, 0.3) is 0 Å². The van der Waals surface area contributed by atoms with Crippen LogP contribution in [0.5, 0.6) is 0 Å². The molecule has 136 valence electrons. The van der Waals surface area contributed by atoms with Crippen molar-refractivity contribution < 1.29 is 13.2 Å². The summed E-state index contributed by atoms with van der Waals surface area (Å²) in [5, 5.41) is 0. The Morgan fingerprint density at radius 3 is 2.28 bits per heavy atom. The Morgan fingerprint density at radius 1 is 1.08 bits per heavy atom. The maximum absolute atomic E-state index is 13.5. The normalized spacial score (nSPS) is 12.8. The van der Waals surface area contributed by atoms with E-state index in [0.29, 0.717) is 11.5 Å². The van der Waals surface area contributed by atoms with Gasteiger partial charge in [-0.15, -0.1) is 0 Å². The van der Waals surface area contributed by atoms with Gasteiger partial charge in [-0.2, -0.15) is 0 Å². The monoisotopic (exact) mass is 361 g/mol. The molecule has 0 aliphatic rings. The first-order valence-electron chi connectivity index (χ1n) is 8.51. The highest BCUT2D eigenvalue weighted by atomic mass is 32.2. The molecular formula is C20H27NO3S. The van der Waals surface area contributed by atoms with Crippen molar-refractivity contribution in [3.8, 4) is 0 Å². The van der Waals surface area contributed by atoms with Gasteiger partial charge >= 0.3 is 0 Å². The van der Waals surface area contributed by atoms with Crippen molar-refractivity contribution in [3.63, 3.8) is 0 Å². The molecule has 0 aliphatic heterocycles. The van der Waals surface area contributed by atoms with Crippen LogP contribution in [0.2, 0.25) is 0 Å². The molecule has 0 aliphatic carbocycles. The number of anilines is 1. The molecule has 2 rings (SSSR count). The molecule has 0 saturated carbocycles. The number of para-hydroxylation sites is 1. The minimum Gasteiger partial charge on any atom is -0.383 e. The molecule has 0 N–H and O–H groups in total. The summed E-state index contributed by atoms with van der Waals surface area (Å²) in [6.45, 7) is 8.13. The highest BCUT2D eigenvalue weighted by molar-refractivity contribution is 7.92. The van der Waals surface area contributed by atoms with E-state index in [1.54, 1.807) is 19.2 Å². The summed E-state index contributed by atoms with van der Waals surface area (Å²) in [5.74, 6) is 0. The number of sulfonamides is 1. The third-order valence-corrected chi connectivity index (χ3v) is 6.24. The fraction of sp³-hybridized carbons (Fsp3) is 0.400. The van der Waals surface area contributed by atoms with Crippen molar-refractivity contribution in [2.75, 3.05) is 18.0 Å². The van der Waals surface area contributed by atoms with Crippen LogP contribution in [0.3, 0.4) is 0 Å². The number of nitrogens with zero attached hydrogens (tertiary/aromatic N) is 1. The standard InChI is InChI=1S/C20H27NO3S/c1-6-18-9-7-8-16(3)20(18)21(17(4)14-24-5)25(22,23)19-12-10-15(2)11-13-19/h7-13,17H,6,14H2,1-5H3/t17-/m0/s1. The molecule has 4 nitrogen and oxygen atoms in total. The van der Waals surface area contributed by atoms with E-state index in [0.717, 1.165) is 28.8 Å². The highest BCUT2D eigenvalue weighted by Crippen LogP contribution is 2.33. The molecule has 1 atom stereocenters. The molecule has 0 unspecified atom stereocenters. The molecule has 25 heavy (non-hydrogen) atoms. The zero-order chi connectivity index (χ0) is 18.6. The number of ether oxygens (including phenoxy) is 1. The Kier molecular flexibility index (Phi) is 6.25. The molecule has 0 fully saturated rings. The number of hydrogen-bond donors (Lipinski definition) is 0. The average Bonchev–Trinajstić information content (AvgIpc) is 2.57. The van der Waals surface area contributed by atoms with E-state index < -0.39 is 10.0 Å². The summed E-state index contributed by atoms with van der Waals surface area (Å²) in [6, 6.07) is 12.6. The van der Waals surface area contributed by atoms with Gasteiger partial charge in [-0.1, -0.05) is 42.8 Å². The minimum atomic E-state index is -3.69. The lowest BCUT2D eigenvalue weighted by Gasteiger charge is -2.33. The molecule has 2 aromatic carbocycles. The van der Waals surface area contributed by atoms with Crippen molar-refractivity contribution in [1.82, 2.24) is 0 Å². The summed E-state index contributed by atoms with van der Waals surface area (Å²) < 4.78 is 33.7. The third kappa shape index (κ3) is 4.05. The van der Waals surface area contributed by atoms with Crippen molar-refractivity contribution in [3.05, 3.63) is 59.2 Å². The predicted molar refractivity (Wildman–Crippen MR) is 103 cm³/mol. The first kappa shape index (κ1) is 19.5. The largest absolute Gasteiger partial charge is 0.383 e. The maximum atomic E-state index is 13.5. The molecule has 5 heteroatoms. The summed E-state index contributed by atoms with van der Waals surface area (Å²) in [7, 11) is -2.11. The van der Waals surface area contributed by atoms with Gasteiger partial charge in [0.1, 0.15) is 0 Å². The molecule has 0 radical (unpaired) electrons. The number of hydrogen-bond acceptors (Lipinski definition) is 3. The molecule has 0 spiro atoms. The number of rotatable bonds is 7. The van der Waals surface area contributed by atoms with Crippen LogP contribution in [-0.2, 0) is 21.2 Å². The molecule has 0 heterocycles. The van der Waals surface area contributed by atoms with Crippen LogP contribution in [-0.4, -0.2) is 28.2 Å². The second-order valence-electron chi connectivity index (χ2n) is 6.35. The van der Waals surface area contributed by atoms with E-state index in [1.165, 1.54) is 4.31 Å². The highest BCUT2D eigenvalue weighted by Gasteiger charge is 2.31. The molecule has 0 aromatic heterocycles. The summed E-state index contributed by atoms with van der Waals surface area (Å²) in [5.41, 5.74) is 3.74. The zero-order valence-electron chi connectivity index (χ0n) is 15.6. The third-order valence-electron chi connectivity index (χ3n) is 4.31. The molecule has 0 saturated heterocycles. The van der Waals surface area contributed by atoms with Crippen LogP contribution >= 0.6 is 0 Å². The van der Waals surface area contributed by atoms with Crippen molar-refractivity contribution in [2.45, 2.75) is 45.1 Å². The lowest BCUT2D eigenvalue weighted by molar-refractivity contribution is 0.186. The number of methoxy groups -OCH3 is 1. The smallest absolute Gasteiger partial charge is 0.264 e. The van der Waals surface area contributed by atoms with Crippen LogP contribution in [0, 0.1) is 13.8 Å². The Labute approximate surface area is 151 Å². The van der Waals surface area contributed by atoms with E-state index in [1.807, 2.05) is 58.0 Å². The Bertz CT molecular complexity index is 813. The molecule has 2 aromatic rings. The molecular weight excluding hydrogens is 334 g/mol. The van der Waals surface area contributed by atoms with E-state index in [4.69, 9.17) is 4.74 Å². The fourth-order valence-corrected chi connectivity index (χ4v) is 4.77. The van der Waals surface area contributed by atoms with E-state index >= 15 is 0 Å². The van der Waals surface area contributed by atoms with Crippen molar-refractivity contribution in [1.29, 1.82) is 0 Å². The van der Waals surface area contributed by atoms with Crippen molar-refractivity contribution >= 4 is 15.7 Å². The first-order valence-corrected chi connectivity index (χ1v) is 9.95. The summed E-state index contributed by atoms with van der Waals surface area (Å²) in [4.78, 5) is 0.298. The van der Waals surface area contributed by atoms with Crippen LogP contribution < -0.4 is 4.31 Å². The summed E-state index contributed by atoms with van der Waals surface area (Å²) >= 11 is 0. The van der Waals surface area contributed by atoms with E-state index in [2.05, 4.69) is 0 Å². The predicted octanol–water partition coefficient (Wildman–Crippen LogP) is 4.10. The van der Waals surface area contributed by atoms with Gasteiger partial charge in [-0.05, 0) is 50.5 Å². The quantitative estimate of drug-likeness (QED) is 0.746. The average molecular weight is 362 g/mol. The van der Waals surface area contributed by atoms with Gasteiger partial charge in [0.2, 0.25) is 0 Å². The Hall–Kier alpha value is -1.85. The van der Waals surface area contributed by atoms with Gasteiger partial charge in [-0.3, -0.25) is 4.31 Å². The Balaban J connectivity index is 2.67. The fourth-order valence-electron chi connectivity index (χ4n) is 3.03. The minimum absolute atomic E-state index is 0.298. The molecule has 0 bridgehead atoms. The van der Waals surface area contributed by atoms with Crippen LogP contribution in [0.1, 0.15) is 30.5 Å². The van der Waals surface area contributed by atoms with Crippen molar-refractivity contribution in [2.24, 2.45) is 0 Å². The summed E-state index contributed by atoms with van der Waals surface area (Å²) in [6.07, 6.45) is 0.761. The zero-order valence-corrected chi connectivity index (χ0v) is 16.4. The van der Waals surface area contributed by atoms with Gasteiger partial charge in [0.05, 0.1) is 23.2 Å². The molecule has 0 amide bonds. The van der Waals surface area contributed by atoms with Gasteiger partial charge in [0.15, 0.2) is 0 Å². The first-order chi connectivity index (χ1) is 11.8. The van der Waals surface area contributed by atoms with Gasteiger partial charge in [0, 0.05) is 7.11 Å².